The SMILES string of the molecule is CS(=O)(=O)Cc1nnnn1CCCCN. The summed E-state index contributed by atoms with van der Waals surface area (Å²) in [4.78, 5) is 0. The molecule has 0 radical (unpaired) electrons. The molecule has 1 rings (SSSR count). The van der Waals surface area contributed by atoms with E-state index in [1.54, 1.807) is 0 Å². The lowest BCUT2D eigenvalue weighted by atomic mass is 10.3. The smallest absolute Gasteiger partial charge is 0.166 e. The molecule has 0 atom stereocenters. The van der Waals surface area contributed by atoms with Crippen LogP contribution in [0.5, 0.6) is 0 Å². The second kappa shape index (κ2) is 5.17. The molecule has 0 fully saturated rings. The fraction of sp³-hybridized carbons (Fsp3) is 0.857. The van der Waals surface area contributed by atoms with Crippen molar-refractivity contribution in [2.24, 2.45) is 5.73 Å². The van der Waals surface area contributed by atoms with Gasteiger partial charge < -0.3 is 5.73 Å². The summed E-state index contributed by atoms with van der Waals surface area (Å²) >= 11 is 0. The van der Waals surface area contributed by atoms with Gasteiger partial charge in [0.05, 0.1) is 0 Å². The summed E-state index contributed by atoms with van der Waals surface area (Å²) in [6, 6.07) is 0. The van der Waals surface area contributed by atoms with Gasteiger partial charge in [-0.05, 0) is 29.8 Å². The maximum atomic E-state index is 11.1. The topological polar surface area (TPSA) is 104 Å². The van der Waals surface area contributed by atoms with E-state index in [1.807, 2.05) is 0 Å². The Kier molecular flexibility index (Phi) is 4.15. The highest BCUT2D eigenvalue weighted by atomic mass is 32.2. The lowest BCUT2D eigenvalue weighted by molar-refractivity contribution is 0.529. The van der Waals surface area contributed by atoms with Crippen LogP contribution in [0.15, 0.2) is 0 Å². The lowest BCUT2D eigenvalue weighted by Gasteiger charge is -2.02. The molecule has 15 heavy (non-hydrogen) atoms. The van der Waals surface area contributed by atoms with E-state index in [4.69, 9.17) is 5.73 Å². The van der Waals surface area contributed by atoms with Gasteiger partial charge in [0.25, 0.3) is 0 Å². The fourth-order valence-electron chi connectivity index (χ4n) is 1.14. The Morgan fingerprint density at radius 1 is 1.40 bits per heavy atom. The van der Waals surface area contributed by atoms with Gasteiger partial charge in [0.2, 0.25) is 0 Å². The molecular weight excluding hydrogens is 218 g/mol. The Bertz CT molecular complexity index is 399. The third kappa shape index (κ3) is 4.34. The normalized spacial score (nSPS) is 11.9. The summed E-state index contributed by atoms with van der Waals surface area (Å²) in [5, 5.41) is 10.8. The molecule has 1 heterocycles. The van der Waals surface area contributed by atoms with Crippen molar-refractivity contribution in [3.8, 4) is 0 Å². The minimum Gasteiger partial charge on any atom is -0.330 e. The van der Waals surface area contributed by atoms with E-state index in [-0.39, 0.29) is 5.75 Å². The molecule has 8 heteroatoms. The van der Waals surface area contributed by atoms with Crippen molar-refractivity contribution in [1.29, 1.82) is 0 Å². The van der Waals surface area contributed by atoms with E-state index >= 15 is 0 Å². The molecule has 0 aromatic carbocycles. The van der Waals surface area contributed by atoms with Gasteiger partial charge >= 0.3 is 0 Å². The van der Waals surface area contributed by atoms with Gasteiger partial charge in [-0.2, -0.15) is 0 Å². The monoisotopic (exact) mass is 233 g/mol. The van der Waals surface area contributed by atoms with E-state index in [2.05, 4.69) is 15.5 Å². The van der Waals surface area contributed by atoms with E-state index in [9.17, 15) is 8.42 Å². The largest absolute Gasteiger partial charge is 0.330 e. The summed E-state index contributed by atoms with van der Waals surface area (Å²) in [5.74, 6) is 0.261. The van der Waals surface area contributed by atoms with Crippen LogP contribution in [-0.2, 0) is 22.1 Å². The predicted molar refractivity (Wildman–Crippen MR) is 54.7 cm³/mol. The van der Waals surface area contributed by atoms with Crippen LogP contribution in [0, 0.1) is 0 Å². The van der Waals surface area contributed by atoms with Crippen molar-refractivity contribution in [1.82, 2.24) is 20.2 Å². The summed E-state index contributed by atoms with van der Waals surface area (Å²) < 4.78 is 23.6. The van der Waals surface area contributed by atoms with Crippen LogP contribution in [0.2, 0.25) is 0 Å². The average molecular weight is 233 g/mol. The average Bonchev–Trinajstić information content (AvgIpc) is 2.50. The van der Waals surface area contributed by atoms with Gasteiger partial charge in [0.1, 0.15) is 5.75 Å². The van der Waals surface area contributed by atoms with Crippen molar-refractivity contribution < 1.29 is 8.42 Å². The van der Waals surface area contributed by atoms with Crippen molar-refractivity contribution in [3.05, 3.63) is 5.82 Å². The molecule has 0 aliphatic rings. The van der Waals surface area contributed by atoms with Crippen LogP contribution in [0.4, 0.5) is 0 Å². The highest BCUT2D eigenvalue weighted by Crippen LogP contribution is 2.01. The number of tetrazole rings is 1. The number of hydrogen-bond acceptors (Lipinski definition) is 6. The first-order valence-electron chi connectivity index (χ1n) is 4.66. The van der Waals surface area contributed by atoms with Gasteiger partial charge in [-0.15, -0.1) is 5.10 Å². The highest BCUT2D eigenvalue weighted by Gasteiger charge is 2.12. The summed E-state index contributed by atoms with van der Waals surface area (Å²) in [7, 11) is -3.09. The molecule has 0 bridgehead atoms. The molecule has 0 spiro atoms. The standard InChI is InChI=1S/C7H15N5O2S/c1-15(13,14)6-7-9-10-11-12(7)5-3-2-4-8/h2-6,8H2,1H3. The molecule has 86 valence electrons. The Labute approximate surface area is 88.6 Å². The molecule has 0 aliphatic carbocycles. The molecule has 0 amide bonds. The summed E-state index contributed by atoms with van der Waals surface area (Å²) in [6.45, 7) is 1.22. The second-order valence-corrected chi connectivity index (χ2v) is 5.52. The Balaban J connectivity index is 2.61. The second-order valence-electron chi connectivity index (χ2n) is 3.38. The third-order valence-corrected chi connectivity index (χ3v) is 2.60. The quantitative estimate of drug-likeness (QED) is 0.629. The molecular formula is C7H15N5O2S. The Morgan fingerprint density at radius 2 is 2.13 bits per heavy atom. The zero-order valence-electron chi connectivity index (χ0n) is 8.63. The third-order valence-electron chi connectivity index (χ3n) is 1.82. The molecule has 1 aromatic rings. The number of hydrogen-bond donors (Lipinski definition) is 1. The van der Waals surface area contributed by atoms with Gasteiger partial charge in [-0.3, -0.25) is 0 Å². The number of unbranched alkanes of at least 4 members (excludes halogenated alkanes) is 1. The first kappa shape index (κ1) is 12.1. The Morgan fingerprint density at radius 3 is 2.73 bits per heavy atom. The highest BCUT2D eigenvalue weighted by molar-refractivity contribution is 7.89. The van der Waals surface area contributed by atoms with Crippen LogP contribution < -0.4 is 5.73 Å². The number of sulfone groups is 1. The zero-order valence-corrected chi connectivity index (χ0v) is 9.44. The maximum absolute atomic E-state index is 11.1. The van der Waals surface area contributed by atoms with Crippen molar-refractivity contribution in [3.63, 3.8) is 0 Å². The van der Waals surface area contributed by atoms with E-state index in [0.717, 1.165) is 19.1 Å². The van der Waals surface area contributed by atoms with Crippen LogP contribution in [-0.4, -0.2) is 41.4 Å². The van der Waals surface area contributed by atoms with Gasteiger partial charge in [-0.1, -0.05) is 0 Å². The first-order valence-corrected chi connectivity index (χ1v) is 6.72. The van der Waals surface area contributed by atoms with Crippen molar-refractivity contribution in [2.75, 3.05) is 12.8 Å². The lowest BCUT2D eigenvalue weighted by Crippen LogP contribution is -2.11. The number of nitrogens with two attached hydrogens (primary N) is 1. The van der Waals surface area contributed by atoms with E-state index in [0.29, 0.717) is 18.9 Å². The van der Waals surface area contributed by atoms with Crippen LogP contribution in [0.1, 0.15) is 18.7 Å². The van der Waals surface area contributed by atoms with Gasteiger partial charge in [-0.25, -0.2) is 13.1 Å². The number of nitrogens with zero attached hydrogens (tertiary/aromatic N) is 4. The van der Waals surface area contributed by atoms with Crippen LogP contribution in [0.25, 0.3) is 0 Å². The first-order chi connectivity index (χ1) is 7.03. The molecule has 7 nitrogen and oxygen atoms in total. The van der Waals surface area contributed by atoms with Crippen LogP contribution >= 0.6 is 0 Å². The molecule has 0 aliphatic heterocycles. The fourth-order valence-corrected chi connectivity index (χ4v) is 1.82. The summed E-state index contributed by atoms with van der Waals surface area (Å²) in [5.41, 5.74) is 5.35. The molecule has 0 unspecified atom stereocenters. The minimum absolute atomic E-state index is 0.122. The van der Waals surface area contributed by atoms with Gasteiger partial charge in [0.15, 0.2) is 15.7 Å². The van der Waals surface area contributed by atoms with Gasteiger partial charge in [0, 0.05) is 12.8 Å². The molecule has 0 saturated carbocycles. The van der Waals surface area contributed by atoms with E-state index in [1.165, 1.54) is 4.68 Å². The number of aromatic nitrogens is 4. The number of rotatable bonds is 6. The minimum atomic E-state index is -3.09. The van der Waals surface area contributed by atoms with Crippen LogP contribution in [0.3, 0.4) is 0 Å². The molecule has 0 saturated heterocycles. The van der Waals surface area contributed by atoms with Crippen molar-refractivity contribution >= 4 is 9.84 Å². The molecule has 1 aromatic heterocycles. The molecule has 2 N–H and O–H groups in total. The van der Waals surface area contributed by atoms with E-state index < -0.39 is 9.84 Å². The summed E-state index contributed by atoms with van der Waals surface area (Å²) in [6.07, 6.45) is 2.88. The Hall–Kier alpha value is -1.02. The maximum Gasteiger partial charge on any atom is 0.166 e. The van der Waals surface area contributed by atoms with Crippen molar-refractivity contribution in [2.45, 2.75) is 25.1 Å². The number of aryl methyl sites for hydroxylation is 1. The zero-order chi connectivity index (χ0) is 11.3. The predicted octanol–water partition coefficient (Wildman–Crippen LogP) is -1.04.